The molecule has 6 nitrogen and oxygen atoms in total. The first-order valence-corrected chi connectivity index (χ1v) is 25.6. The van der Waals surface area contributed by atoms with Crippen LogP contribution in [0.2, 0.25) is 21.6 Å². The number of alkyl halides is 3. The fraction of sp³-hybridized carbons (Fsp3) is 0.596. The van der Waals surface area contributed by atoms with Gasteiger partial charge in [-0.15, -0.1) is 0 Å². The summed E-state index contributed by atoms with van der Waals surface area (Å²) in [5.74, 6) is -1.38. The highest BCUT2D eigenvalue weighted by Gasteiger charge is 2.60. The van der Waals surface area contributed by atoms with Gasteiger partial charge in [0.05, 0.1) is 13.7 Å². The summed E-state index contributed by atoms with van der Waals surface area (Å²) in [5.41, 5.74) is 4.01. The van der Waals surface area contributed by atoms with Gasteiger partial charge in [0.1, 0.15) is 18.5 Å². The van der Waals surface area contributed by atoms with Crippen molar-refractivity contribution in [3.05, 3.63) is 82.1 Å². The molecule has 0 unspecified atom stereocenters. The molecule has 0 aliphatic heterocycles. The van der Waals surface area contributed by atoms with Crippen LogP contribution >= 0.6 is 22.8 Å². The first kappa shape index (κ1) is 45.5. The number of carbonyl (C=O) groups excluding carboxylic acids is 2. The smallest absolute Gasteiger partial charge is 0.471 e. The lowest BCUT2D eigenvalue weighted by molar-refractivity contribution is -0.174. The van der Waals surface area contributed by atoms with Crippen LogP contribution in [0, 0.1) is 11.8 Å². The molecule has 0 bridgehead atoms. The van der Waals surface area contributed by atoms with Crippen molar-refractivity contribution < 1.29 is 32.2 Å². The molecule has 1 heterocycles. The fourth-order valence-corrected chi connectivity index (χ4v) is 20.8. The SMILES string of the molecule is COC(=O)C1(N(C(=O)C(F)(F)F)c2cccc(Cl)c2)CCC2(CC1)c1cc(S[Si](C(C)C)(C(C)C)C(C)C)ccc1C[C@@H]2C[C@@H](C)COc1ccnc2c1[C@H](C)CCC2. The highest BCUT2D eigenvalue weighted by atomic mass is 35.5. The van der Waals surface area contributed by atoms with Gasteiger partial charge in [0.25, 0.3) is 0 Å². The van der Waals surface area contributed by atoms with Crippen LogP contribution in [0.1, 0.15) is 129 Å². The van der Waals surface area contributed by atoms with Crippen LogP contribution in [0.5, 0.6) is 5.75 Å². The Labute approximate surface area is 359 Å². The summed E-state index contributed by atoms with van der Waals surface area (Å²) in [7, 11) is -0.744. The third kappa shape index (κ3) is 8.60. The van der Waals surface area contributed by atoms with E-state index in [1.54, 1.807) is 0 Å². The van der Waals surface area contributed by atoms with Crippen molar-refractivity contribution in [3.63, 3.8) is 0 Å². The summed E-state index contributed by atoms with van der Waals surface area (Å²) < 4.78 is 55.5. The van der Waals surface area contributed by atoms with Crippen LogP contribution in [-0.2, 0) is 32.6 Å². The van der Waals surface area contributed by atoms with E-state index >= 15 is 0 Å². The lowest BCUT2D eigenvalue weighted by Crippen LogP contribution is -2.63. The molecule has 3 atom stereocenters. The van der Waals surface area contributed by atoms with E-state index in [1.165, 1.54) is 53.0 Å². The number of carbonyl (C=O) groups is 2. The van der Waals surface area contributed by atoms with Crippen molar-refractivity contribution in [2.45, 2.75) is 158 Å². The van der Waals surface area contributed by atoms with E-state index in [-0.39, 0.29) is 35.4 Å². The third-order valence-electron chi connectivity index (χ3n) is 14.1. The van der Waals surface area contributed by atoms with E-state index in [2.05, 4.69) is 89.8 Å². The topological polar surface area (TPSA) is 68.7 Å². The Morgan fingerprint density at radius 1 is 0.983 bits per heavy atom. The molecule has 1 amide bonds. The van der Waals surface area contributed by atoms with Crippen molar-refractivity contribution in [3.8, 4) is 5.75 Å². The van der Waals surface area contributed by atoms with Gasteiger partial charge in [-0.1, -0.05) is 79.1 Å². The normalized spacial score (nSPS) is 23.7. The minimum atomic E-state index is -5.24. The zero-order valence-corrected chi connectivity index (χ0v) is 38.8. The average Bonchev–Trinajstić information content (AvgIpc) is 3.46. The Balaban J connectivity index is 1.39. The number of nitrogens with zero attached hydrogens (tertiary/aromatic N) is 2. The van der Waals surface area contributed by atoms with E-state index in [0.29, 0.717) is 46.9 Å². The molecule has 59 heavy (non-hydrogen) atoms. The van der Waals surface area contributed by atoms with E-state index in [0.717, 1.165) is 43.5 Å². The molecule has 1 spiro atoms. The van der Waals surface area contributed by atoms with E-state index in [4.69, 9.17) is 21.1 Å². The van der Waals surface area contributed by atoms with Gasteiger partial charge >= 0.3 is 18.1 Å². The number of aryl methyl sites for hydroxylation is 1. The van der Waals surface area contributed by atoms with Crippen LogP contribution < -0.4 is 9.64 Å². The number of ether oxygens (including phenoxy) is 2. The van der Waals surface area contributed by atoms with Gasteiger partial charge in [-0.05, 0) is 145 Å². The summed E-state index contributed by atoms with van der Waals surface area (Å²) in [6.07, 6.45) is 2.24. The summed E-state index contributed by atoms with van der Waals surface area (Å²) >= 11 is 8.38. The number of rotatable bonds is 13. The number of hydrogen-bond acceptors (Lipinski definition) is 6. The zero-order valence-electron chi connectivity index (χ0n) is 36.2. The highest BCUT2D eigenvalue weighted by molar-refractivity contribution is 8.29. The second-order valence-electron chi connectivity index (χ2n) is 18.6. The second-order valence-corrected chi connectivity index (χ2v) is 27.6. The number of halogens is 4. The molecule has 1 fully saturated rings. The number of hydrogen-bond donors (Lipinski definition) is 0. The summed E-state index contributed by atoms with van der Waals surface area (Å²) in [6, 6.07) is 14.6. The number of amides is 1. The number of pyridine rings is 1. The first-order chi connectivity index (χ1) is 27.8. The Morgan fingerprint density at radius 3 is 2.27 bits per heavy atom. The molecule has 0 saturated heterocycles. The lowest BCUT2D eigenvalue weighted by atomic mass is 9.59. The molecular weight excluding hydrogens is 809 g/mol. The lowest BCUT2D eigenvalue weighted by Gasteiger charge is -2.51. The number of fused-ring (bicyclic) bond motifs is 3. The van der Waals surface area contributed by atoms with E-state index in [9.17, 15) is 22.8 Å². The Kier molecular flexibility index (Phi) is 13.7. The number of esters is 1. The second kappa shape index (κ2) is 17.8. The Hall–Kier alpha value is -3.02. The molecule has 1 saturated carbocycles. The number of aromatic nitrogens is 1. The number of methoxy groups -OCH3 is 1. The van der Waals surface area contributed by atoms with Crippen LogP contribution in [0.4, 0.5) is 18.9 Å². The average molecular weight is 872 g/mol. The van der Waals surface area contributed by atoms with Crippen LogP contribution in [0.25, 0.3) is 0 Å². The molecule has 3 aliphatic rings. The molecule has 6 rings (SSSR count). The van der Waals surface area contributed by atoms with Crippen molar-refractivity contribution in [2.24, 2.45) is 11.8 Å². The third-order valence-corrected chi connectivity index (χ3v) is 26.6. The van der Waals surface area contributed by atoms with Crippen molar-refractivity contribution in [2.75, 3.05) is 18.6 Å². The quantitative estimate of drug-likeness (QED) is 0.126. The van der Waals surface area contributed by atoms with Crippen molar-refractivity contribution in [1.82, 2.24) is 4.98 Å². The first-order valence-electron chi connectivity index (χ1n) is 21.5. The number of anilines is 1. The van der Waals surface area contributed by atoms with Crippen LogP contribution in [0.15, 0.2) is 59.6 Å². The predicted octanol–water partition coefficient (Wildman–Crippen LogP) is 13.0. The summed E-state index contributed by atoms with van der Waals surface area (Å²) in [5, 5.41) is 0.159. The molecule has 12 heteroatoms. The Morgan fingerprint density at radius 2 is 1.66 bits per heavy atom. The van der Waals surface area contributed by atoms with Gasteiger partial charge in [-0.3, -0.25) is 14.7 Å². The van der Waals surface area contributed by atoms with Gasteiger partial charge in [0, 0.05) is 33.1 Å². The molecular formula is C47H62ClF3N2O4SSi. The molecule has 0 radical (unpaired) electrons. The van der Waals surface area contributed by atoms with Crippen molar-refractivity contribution in [1.29, 1.82) is 0 Å². The molecule has 3 aromatic rings. The summed E-state index contributed by atoms with van der Waals surface area (Å²) in [6.45, 7) is 19.1. The van der Waals surface area contributed by atoms with Gasteiger partial charge < -0.3 is 9.47 Å². The van der Waals surface area contributed by atoms with Gasteiger partial charge in [-0.25, -0.2) is 4.79 Å². The molecule has 322 valence electrons. The van der Waals surface area contributed by atoms with Gasteiger partial charge in [-0.2, -0.15) is 24.4 Å². The minimum absolute atomic E-state index is 0.00406. The molecule has 2 aromatic carbocycles. The zero-order chi connectivity index (χ0) is 43.1. The maximum Gasteiger partial charge on any atom is 0.471 e. The highest BCUT2D eigenvalue weighted by Crippen LogP contribution is 2.59. The van der Waals surface area contributed by atoms with E-state index < -0.39 is 36.2 Å². The van der Waals surface area contributed by atoms with Gasteiger partial charge in [0.15, 0.2) is 0 Å². The van der Waals surface area contributed by atoms with Crippen molar-refractivity contribution >= 4 is 47.6 Å². The fourth-order valence-electron chi connectivity index (χ4n) is 11.5. The predicted molar refractivity (Wildman–Crippen MR) is 235 cm³/mol. The van der Waals surface area contributed by atoms with Crippen LogP contribution in [-0.4, -0.2) is 49.5 Å². The monoisotopic (exact) mass is 870 g/mol. The maximum atomic E-state index is 14.5. The Bertz CT molecular complexity index is 1980. The largest absolute Gasteiger partial charge is 0.493 e. The van der Waals surface area contributed by atoms with E-state index in [1.807, 2.05) is 12.3 Å². The number of benzene rings is 2. The minimum Gasteiger partial charge on any atom is -0.493 e. The molecule has 0 N–H and O–H groups in total. The molecule has 1 aromatic heterocycles. The standard InChI is InChI=1S/C47H62ClF3N2O4SSi/c1-29(2)59(30(3)4,31(5)6)58-38-17-16-34-25-35(24-32(7)28-57-41-18-23-52-40-15-10-12-33(8)42(40)41)45(39(34)27-38)19-21-46(22-20-45,44(55)56-9)53(43(54)47(49,50)51)37-14-11-13-36(48)26-37/h11,13-14,16-18,23,26-27,29-33,35H,10,12,15,19-22,24-25,28H2,1-9H3/t32-,33-,35+,45?,46?/m1/s1. The molecule has 3 aliphatic carbocycles. The maximum absolute atomic E-state index is 14.5. The summed E-state index contributed by atoms with van der Waals surface area (Å²) in [4.78, 5) is 34.1. The van der Waals surface area contributed by atoms with Gasteiger partial charge in [0.2, 0.25) is 0 Å². The van der Waals surface area contributed by atoms with Crippen LogP contribution in [0.3, 0.4) is 0 Å².